The Morgan fingerprint density at radius 1 is 1.17 bits per heavy atom. The van der Waals surface area contributed by atoms with Gasteiger partial charge in [0.25, 0.3) is 0 Å². The maximum Gasteiger partial charge on any atom is 0.466 e. The van der Waals surface area contributed by atoms with Crippen LogP contribution in [0, 0.1) is 0 Å². The van der Waals surface area contributed by atoms with Gasteiger partial charge in [0.05, 0.1) is 0 Å². The van der Waals surface area contributed by atoms with Crippen LogP contribution in [0.15, 0.2) is 0 Å². The Labute approximate surface area is 35.7 Å². The lowest BCUT2D eigenvalue weighted by Gasteiger charge is -1.82. The van der Waals surface area contributed by atoms with E-state index in [-0.39, 0.29) is 7.43 Å². The molecule has 5 heteroatoms. The summed E-state index contributed by atoms with van der Waals surface area (Å²) in [5.41, 5.74) is 0. The Morgan fingerprint density at radius 2 is 1.17 bits per heavy atom. The maximum absolute atomic E-state index is 8.88. The minimum absolute atomic E-state index is 0. The number of rotatable bonds is 0. The van der Waals surface area contributed by atoms with Crippen LogP contribution in [0.2, 0.25) is 0 Å². The fourth-order valence-electron chi connectivity index (χ4n) is 0. The molecule has 40 valence electrons. The molecule has 0 aliphatic carbocycles. The molecule has 3 N–H and O–H groups in total. The molecule has 0 unspecified atom stereocenters. The number of phosphoric acid groups is 1. The molecule has 0 aromatic heterocycles. The van der Waals surface area contributed by atoms with E-state index in [0.29, 0.717) is 0 Å². The van der Waals surface area contributed by atoms with Crippen LogP contribution in [0.3, 0.4) is 0 Å². The quantitative estimate of drug-likeness (QED) is 0.368. The lowest BCUT2D eigenvalue weighted by Crippen LogP contribution is -1.66. The molecular weight excluding hydrogens is 96.0 g/mol. The minimum Gasteiger partial charge on any atom is -0.303 e. The second-order valence-corrected chi connectivity index (χ2v) is 1.54. The highest BCUT2D eigenvalue weighted by Gasteiger charge is 2.00. The zero-order valence-corrected chi connectivity index (χ0v) is 3.09. The molecule has 0 amide bonds. The van der Waals surface area contributed by atoms with Crippen molar-refractivity contribution < 1.29 is 19.2 Å². The molecule has 4 nitrogen and oxygen atoms in total. The fourth-order valence-corrected chi connectivity index (χ4v) is 0. The smallest absolute Gasteiger partial charge is 0.303 e. The van der Waals surface area contributed by atoms with Gasteiger partial charge < -0.3 is 14.7 Å². The third kappa shape index (κ3) is 3290. The first-order valence-electron chi connectivity index (χ1n) is 0.783. The van der Waals surface area contributed by atoms with E-state index in [0.717, 1.165) is 0 Å². The largest absolute Gasteiger partial charge is 0.466 e. The standard InChI is InChI=1S/CH4.H3O4P/c;1-5(2,3)4/h1H4;(H3,1,2,3,4)/i1-11;. The predicted molar refractivity (Wildman–Crippen MR) is 21.0 cm³/mol. The van der Waals surface area contributed by atoms with Crippen LogP contribution in [-0.2, 0) is 4.57 Å². The first-order chi connectivity index (χ1) is 2.00. The average Bonchev–Trinajstić information content (AvgIpc) is 0.722. The first kappa shape index (κ1) is 9.44. The SMILES string of the molecule is O=P(O)(O)O.[1CH4]. The second kappa shape index (κ2) is 2.31. The molecule has 6 heavy (non-hydrogen) atoms. The summed E-state index contributed by atoms with van der Waals surface area (Å²) in [6.45, 7) is 0. The zero-order chi connectivity index (χ0) is 4.50. The van der Waals surface area contributed by atoms with Gasteiger partial charge in [-0.15, -0.1) is 0 Å². The monoisotopic (exact) mass is 103 g/mol. The van der Waals surface area contributed by atoms with Crippen molar-refractivity contribution in [2.45, 2.75) is 7.43 Å². The van der Waals surface area contributed by atoms with E-state index in [9.17, 15) is 0 Å². The molecule has 0 fully saturated rings. The van der Waals surface area contributed by atoms with Gasteiger partial charge >= 0.3 is 7.82 Å². The third-order valence-electron chi connectivity index (χ3n) is 0. The molecule has 0 aromatic rings. The van der Waals surface area contributed by atoms with E-state index in [2.05, 4.69) is 0 Å². The number of hydrogen-bond acceptors (Lipinski definition) is 1. The van der Waals surface area contributed by atoms with Crippen molar-refractivity contribution in [2.75, 3.05) is 0 Å². The van der Waals surface area contributed by atoms with E-state index in [1.54, 1.807) is 0 Å². The van der Waals surface area contributed by atoms with E-state index >= 15 is 0 Å². The molecule has 0 heterocycles. The Bertz CT molecular complexity index is 53.7. The fraction of sp³-hybridized carbons (Fsp3) is 1.00. The summed E-state index contributed by atoms with van der Waals surface area (Å²) in [6.07, 6.45) is 0. The van der Waals surface area contributed by atoms with Crippen molar-refractivity contribution in [3.63, 3.8) is 0 Å². The van der Waals surface area contributed by atoms with Crippen LogP contribution in [0.4, 0.5) is 0 Å². The summed E-state index contributed by atoms with van der Waals surface area (Å²) in [5, 5.41) is 0. The lowest BCUT2D eigenvalue weighted by molar-refractivity contribution is 0.275. The second-order valence-electron chi connectivity index (χ2n) is 0.513. The molecule has 0 aliphatic rings. The van der Waals surface area contributed by atoms with Gasteiger partial charge in [0.1, 0.15) is 0 Å². The molecule has 0 radical (unpaired) electrons. The van der Waals surface area contributed by atoms with Gasteiger partial charge in [0.2, 0.25) is 0 Å². The van der Waals surface area contributed by atoms with Gasteiger partial charge in [-0.05, 0) is 0 Å². The maximum atomic E-state index is 8.88. The van der Waals surface area contributed by atoms with E-state index in [4.69, 9.17) is 19.2 Å². The lowest BCUT2D eigenvalue weighted by atomic mass is 1.000. The topological polar surface area (TPSA) is 77.8 Å². The molecule has 0 aromatic carbocycles. The van der Waals surface area contributed by atoms with Crippen LogP contribution in [0.1, 0.15) is 7.43 Å². The van der Waals surface area contributed by atoms with Crippen molar-refractivity contribution in [1.29, 1.82) is 0 Å². The van der Waals surface area contributed by atoms with Crippen molar-refractivity contribution in [3.8, 4) is 0 Å². The molecule has 0 atom stereocenters. The Hall–Kier alpha value is 0.110. The molecule has 0 bridgehead atoms. The van der Waals surface area contributed by atoms with Gasteiger partial charge in [0.15, 0.2) is 0 Å². The summed E-state index contributed by atoms with van der Waals surface area (Å²) in [4.78, 5) is 21.6. The van der Waals surface area contributed by atoms with E-state index in [1.165, 1.54) is 0 Å². The van der Waals surface area contributed by atoms with Gasteiger partial charge in [-0.1, -0.05) is 7.43 Å². The summed E-state index contributed by atoms with van der Waals surface area (Å²) in [6, 6.07) is 0. The molecule has 0 saturated heterocycles. The third-order valence-corrected chi connectivity index (χ3v) is 0. The van der Waals surface area contributed by atoms with E-state index in [1.807, 2.05) is 0 Å². The van der Waals surface area contributed by atoms with Crippen LogP contribution in [0.5, 0.6) is 0 Å². The highest BCUT2D eigenvalue weighted by molar-refractivity contribution is 7.45. The van der Waals surface area contributed by atoms with Crippen molar-refractivity contribution in [3.05, 3.63) is 0 Å². The Morgan fingerprint density at radius 3 is 1.17 bits per heavy atom. The van der Waals surface area contributed by atoms with Crippen LogP contribution in [-0.4, -0.2) is 14.7 Å². The molecule has 0 spiro atoms. The highest BCUT2D eigenvalue weighted by atomic mass is 31.2. The number of hydrogen-bond donors (Lipinski definition) is 3. The van der Waals surface area contributed by atoms with Crippen LogP contribution in [0.25, 0.3) is 0 Å². The summed E-state index contributed by atoms with van der Waals surface area (Å²) < 4.78 is 8.88. The Kier molecular flexibility index (Phi) is 3.64. The van der Waals surface area contributed by atoms with Crippen molar-refractivity contribution >= 4 is 7.82 Å². The summed E-state index contributed by atoms with van der Waals surface area (Å²) in [5.74, 6) is 0. The first-order valence-corrected chi connectivity index (χ1v) is 2.35. The van der Waals surface area contributed by atoms with Gasteiger partial charge in [-0.25, -0.2) is 4.57 Å². The Balaban J connectivity index is 0. The van der Waals surface area contributed by atoms with Crippen LogP contribution >= 0.6 is 7.82 Å². The average molecular weight is 103 g/mol. The van der Waals surface area contributed by atoms with E-state index < -0.39 is 7.82 Å². The molecular formula is CH7O4P. The van der Waals surface area contributed by atoms with Gasteiger partial charge in [-0.2, -0.15) is 0 Å². The summed E-state index contributed by atoms with van der Waals surface area (Å²) in [7, 11) is -4.64. The van der Waals surface area contributed by atoms with Crippen molar-refractivity contribution in [2.24, 2.45) is 0 Å². The molecule has 0 rings (SSSR count). The summed E-state index contributed by atoms with van der Waals surface area (Å²) >= 11 is 0. The van der Waals surface area contributed by atoms with Gasteiger partial charge in [-0.3, -0.25) is 0 Å². The highest BCUT2D eigenvalue weighted by Crippen LogP contribution is 2.25. The molecule has 0 aliphatic heterocycles. The van der Waals surface area contributed by atoms with Gasteiger partial charge in [0, 0.05) is 0 Å². The zero-order valence-electron chi connectivity index (χ0n) is 2.20. The molecule has 0 saturated carbocycles. The van der Waals surface area contributed by atoms with Crippen molar-refractivity contribution in [1.82, 2.24) is 0 Å². The normalized spacial score (nSPS) is 9.83. The predicted octanol–water partition coefficient (Wildman–Crippen LogP) is -0.292. The van der Waals surface area contributed by atoms with Crippen LogP contribution < -0.4 is 0 Å². The minimum atomic E-state index is -4.64.